The van der Waals surface area contributed by atoms with E-state index >= 15 is 0 Å². The SMILES string of the molecule is C[SiH](C)CC[Si](C)(C)O. The van der Waals surface area contributed by atoms with Crippen molar-refractivity contribution in [3.8, 4) is 0 Å². The Kier molecular flexibility index (Phi) is 3.69. The third kappa shape index (κ3) is 8.39. The Morgan fingerprint density at radius 2 is 1.78 bits per heavy atom. The fraction of sp³-hybridized carbons (Fsp3) is 1.00. The van der Waals surface area contributed by atoms with Gasteiger partial charge in [-0.3, -0.25) is 0 Å². The van der Waals surface area contributed by atoms with E-state index in [9.17, 15) is 4.80 Å². The highest BCUT2D eigenvalue weighted by Crippen LogP contribution is 2.09. The van der Waals surface area contributed by atoms with Crippen LogP contribution < -0.4 is 0 Å². The van der Waals surface area contributed by atoms with Crippen LogP contribution in [-0.2, 0) is 0 Å². The number of hydrogen-bond acceptors (Lipinski definition) is 1. The van der Waals surface area contributed by atoms with Crippen LogP contribution in [-0.4, -0.2) is 21.9 Å². The second-order valence-electron chi connectivity index (χ2n) is 3.74. The molecular formula is C6H18OSi2. The van der Waals surface area contributed by atoms with Gasteiger partial charge in [0.25, 0.3) is 0 Å². The summed E-state index contributed by atoms with van der Waals surface area (Å²) in [6, 6.07) is 2.42. The van der Waals surface area contributed by atoms with Crippen LogP contribution in [0.15, 0.2) is 0 Å². The standard InChI is InChI=1S/C6H18OSi2/c1-8(2)5-6-9(3,4)7/h7-8H,5-6H2,1-4H3. The zero-order valence-corrected chi connectivity index (χ0v) is 9.09. The molecule has 0 aliphatic heterocycles. The predicted octanol–water partition coefficient (Wildman–Crippen LogP) is 1.67. The summed E-state index contributed by atoms with van der Waals surface area (Å²) >= 11 is 0. The summed E-state index contributed by atoms with van der Waals surface area (Å²) in [5, 5.41) is 0. The minimum absolute atomic E-state index is 0.396. The van der Waals surface area contributed by atoms with Crippen molar-refractivity contribution in [2.75, 3.05) is 0 Å². The molecule has 0 aromatic rings. The van der Waals surface area contributed by atoms with E-state index < -0.39 is 17.1 Å². The summed E-state index contributed by atoms with van der Waals surface area (Å²) in [6.07, 6.45) is 0. The Morgan fingerprint density at radius 3 is 1.89 bits per heavy atom. The molecule has 0 atom stereocenters. The summed E-state index contributed by atoms with van der Waals surface area (Å²) in [6.45, 7) is 8.70. The topological polar surface area (TPSA) is 20.2 Å². The first-order chi connectivity index (χ1) is 3.92. The van der Waals surface area contributed by atoms with Crippen molar-refractivity contribution in [2.45, 2.75) is 38.3 Å². The monoisotopic (exact) mass is 162 g/mol. The summed E-state index contributed by atoms with van der Waals surface area (Å²) < 4.78 is 0. The van der Waals surface area contributed by atoms with Crippen molar-refractivity contribution in [3.05, 3.63) is 0 Å². The maximum Gasteiger partial charge on any atom is 0.182 e. The number of hydrogen-bond donors (Lipinski definition) is 1. The molecule has 0 aliphatic carbocycles. The first-order valence-electron chi connectivity index (χ1n) is 3.64. The molecule has 0 aromatic carbocycles. The van der Waals surface area contributed by atoms with Crippen LogP contribution in [0.25, 0.3) is 0 Å². The molecule has 0 heterocycles. The smallest absolute Gasteiger partial charge is 0.182 e. The molecule has 9 heavy (non-hydrogen) atoms. The van der Waals surface area contributed by atoms with E-state index in [-0.39, 0.29) is 0 Å². The maximum atomic E-state index is 9.43. The Balaban J connectivity index is 3.28. The second kappa shape index (κ2) is 3.53. The molecule has 0 saturated carbocycles. The summed E-state index contributed by atoms with van der Waals surface area (Å²) in [5.41, 5.74) is 0. The zero-order valence-electron chi connectivity index (χ0n) is 6.94. The molecule has 3 heteroatoms. The lowest BCUT2D eigenvalue weighted by Crippen LogP contribution is -2.25. The van der Waals surface area contributed by atoms with Gasteiger partial charge in [0.2, 0.25) is 0 Å². The summed E-state index contributed by atoms with van der Waals surface area (Å²) in [5.74, 6) is 0. The van der Waals surface area contributed by atoms with Crippen LogP contribution in [0, 0.1) is 0 Å². The van der Waals surface area contributed by atoms with Gasteiger partial charge in [0.05, 0.1) is 0 Å². The lowest BCUT2D eigenvalue weighted by atomic mass is 10.9. The fourth-order valence-corrected chi connectivity index (χ4v) is 5.78. The van der Waals surface area contributed by atoms with E-state index in [1.54, 1.807) is 0 Å². The average Bonchev–Trinajstić information content (AvgIpc) is 1.59. The van der Waals surface area contributed by atoms with Crippen LogP contribution in [0.3, 0.4) is 0 Å². The highest BCUT2D eigenvalue weighted by molar-refractivity contribution is 6.71. The van der Waals surface area contributed by atoms with Gasteiger partial charge in [-0.15, -0.1) is 0 Å². The molecule has 1 N–H and O–H groups in total. The van der Waals surface area contributed by atoms with Crippen molar-refractivity contribution in [3.63, 3.8) is 0 Å². The Bertz CT molecular complexity index is 75.6. The lowest BCUT2D eigenvalue weighted by molar-refractivity contribution is 0.551. The minimum Gasteiger partial charge on any atom is -0.432 e. The van der Waals surface area contributed by atoms with E-state index in [0.717, 1.165) is 6.04 Å². The predicted molar refractivity (Wildman–Crippen MR) is 48.2 cm³/mol. The third-order valence-corrected chi connectivity index (χ3v) is 4.87. The highest BCUT2D eigenvalue weighted by atomic mass is 28.4. The molecule has 0 rings (SSSR count). The van der Waals surface area contributed by atoms with E-state index in [4.69, 9.17) is 0 Å². The molecule has 56 valence electrons. The van der Waals surface area contributed by atoms with Gasteiger partial charge in [-0.25, -0.2) is 0 Å². The molecule has 0 spiro atoms. The van der Waals surface area contributed by atoms with Gasteiger partial charge in [-0.2, -0.15) is 0 Å². The highest BCUT2D eigenvalue weighted by Gasteiger charge is 2.16. The van der Waals surface area contributed by atoms with E-state index in [1.807, 2.05) is 13.1 Å². The molecule has 0 fully saturated rings. The second-order valence-corrected chi connectivity index (χ2v) is 11.2. The van der Waals surface area contributed by atoms with Crippen LogP contribution in [0.5, 0.6) is 0 Å². The van der Waals surface area contributed by atoms with Gasteiger partial charge in [-0.1, -0.05) is 19.1 Å². The molecule has 0 amide bonds. The third-order valence-electron chi connectivity index (χ3n) is 1.33. The molecule has 0 bridgehead atoms. The van der Waals surface area contributed by atoms with Crippen LogP contribution in [0.2, 0.25) is 38.3 Å². The first kappa shape index (κ1) is 9.39. The minimum atomic E-state index is -1.69. The fourth-order valence-electron chi connectivity index (χ4n) is 0.642. The zero-order chi connectivity index (χ0) is 7.49. The molecular weight excluding hydrogens is 144 g/mol. The molecule has 1 nitrogen and oxygen atoms in total. The quantitative estimate of drug-likeness (QED) is 0.626. The Morgan fingerprint density at radius 1 is 1.33 bits per heavy atom. The van der Waals surface area contributed by atoms with Crippen molar-refractivity contribution < 1.29 is 4.80 Å². The van der Waals surface area contributed by atoms with Gasteiger partial charge in [-0.05, 0) is 19.1 Å². The summed E-state index contributed by atoms with van der Waals surface area (Å²) in [4.78, 5) is 9.43. The van der Waals surface area contributed by atoms with Gasteiger partial charge in [0.1, 0.15) is 0 Å². The molecule has 0 radical (unpaired) electrons. The molecule has 0 aromatic heterocycles. The Hall–Kier alpha value is 0.394. The van der Waals surface area contributed by atoms with Crippen molar-refractivity contribution >= 4 is 17.1 Å². The van der Waals surface area contributed by atoms with Gasteiger partial charge in [0.15, 0.2) is 8.32 Å². The van der Waals surface area contributed by atoms with E-state index in [0.29, 0.717) is 0 Å². The van der Waals surface area contributed by atoms with Crippen LogP contribution in [0.1, 0.15) is 0 Å². The molecule has 0 saturated heterocycles. The normalized spacial score (nSPS) is 12.7. The molecule has 0 unspecified atom stereocenters. The summed E-state index contributed by atoms with van der Waals surface area (Å²) in [7, 11) is -2.08. The largest absolute Gasteiger partial charge is 0.432 e. The van der Waals surface area contributed by atoms with E-state index in [1.165, 1.54) is 6.04 Å². The first-order valence-corrected chi connectivity index (χ1v) is 9.92. The maximum absolute atomic E-state index is 9.43. The van der Waals surface area contributed by atoms with Crippen LogP contribution >= 0.6 is 0 Å². The van der Waals surface area contributed by atoms with Gasteiger partial charge >= 0.3 is 0 Å². The van der Waals surface area contributed by atoms with Crippen molar-refractivity contribution in [1.29, 1.82) is 0 Å². The number of rotatable bonds is 3. The van der Waals surface area contributed by atoms with Crippen LogP contribution in [0.4, 0.5) is 0 Å². The molecule has 0 aliphatic rings. The van der Waals surface area contributed by atoms with Gasteiger partial charge in [0, 0.05) is 8.80 Å². The van der Waals surface area contributed by atoms with E-state index in [2.05, 4.69) is 13.1 Å². The van der Waals surface area contributed by atoms with Crippen molar-refractivity contribution in [1.82, 2.24) is 0 Å². The van der Waals surface area contributed by atoms with Crippen molar-refractivity contribution in [2.24, 2.45) is 0 Å². The van der Waals surface area contributed by atoms with Gasteiger partial charge < -0.3 is 4.80 Å². The lowest BCUT2D eigenvalue weighted by Gasteiger charge is -2.13. The average molecular weight is 162 g/mol. The Labute approximate surface area is 60.8 Å².